The van der Waals surface area contributed by atoms with E-state index in [1.54, 1.807) is 17.0 Å². The molecule has 6 nitrogen and oxygen atoms in total. The summed E-state index contributed by atoms with van der Waals surface area (Å²) in [4.78, 5) is 37.9. The summed E-state index contributed by atoms with van der Waals surface area (Å²) in [7, 11) is 0. The van der Waals surface area contributed by atoms with Crippen LogP contribution in [0.3, 0.4) is 0 Å². The Labute approximate surface area is 165 Å². The van der Waals surface area contributed by atoms with Gasteiger partial charge in [0.1, 0.15) is 0 Å². The molecule has 1 atom stereocenters. The number of aryl methyl sites for hydroxylation is 1. The van der Waals surface area contributed by atoms with Gasteiger partial charge in [-0.05, 0) is 43.3 Å². The average molecular weight is 431 g/mol. The van der Waals surface area contributed by atoms with Crippen molar-refractivity contribution in [1.29, 1.82) is 0 Å². The Kier molecular flexibility index (Phi) is 5.91. The fraction of sp³-hybridized carbons (Fsp3) is 0.250. The summed E-state index contributed by atoms with van der Waals surface area (Å²) in [6.45, 7) is 1.82. The number of rotatable bonds is 5. The molecule has 27 heavy (non-hydrogen) atoms. The zero-order valence-corrected chi connectivity index (χ0v) is 16.4. The highest BCUT2D eigenvalue weighted by Crippen LogP contribution is 2.27. The maximum atomic E-state index is 12.2. The first kappa shape index (κ1) is 19.1. The van der Waals surface area contributed by atoms with Crippen molar-refractivity contribution in [3.63, 3.8) is 0 Å². The van der Waals surface area contributed by atoms with Gasteiger partial charge >= 0.3 is 5.97 Å². The van der Waals surface area contributed by atoms with Crippen LogP contribution in [0.5, 0.6) is 0 Å². The SMILES string of the molecule is Cc1ccc(NC(=O)COC(=O)[C@H]2CC(=O)N(c3ccc(Br)cc3)C2)cc1. The molecule has 2 amide bonds. The van der Waals surface area contributed by atoms with Crippen LogP contribution in [0, 0.1) is 12.8 Å². The minimum absolute atomic E-state index is 0.0779. The van der Waals surface area contributed by atoms with Crippen molar-refractivity contribution in [3.05, 3.63) is 58.6 Å². The molecule has 0 spiro atoms. The van der Waals surface area contributed by atoms with Crippen LogP contribution in [-0.4, -0.2) is 30.9 Å². The first-order chi connectivity index (χ1) is 12.9. The van der Waals surface area contributed by atoms with Crippen LogP contribution in [0.25, 0.3) is 0 Å². The smallest absolute Gasteiger partial charge is 0.311 e. The van der Waals surface area contributed by atoms with Crippen LogP contribution in [0.2, 0.25) is 0 Å². The lowest BCUT2D eigenvalue weighted by Crippen LogP contribution is -2.28. The Hall–Kier alpha value is -2.67. The molecule has 0 unspecified atom stereocenters. The van der Waals surface area contributed by atoms with E-state index >= 15 is 0 Å². The van der Waals surface area contributed by atoms with Gasteiger partial charge in [-0.25, -0.2) is 0 Å². The second-order valence-electron chi connectivity index (χ2n) is 6.40. The van der Waals surface area contributed by atoms with E-state index in [2.05, 4.69) is 21.2 Å². The van der Waals surface area contributed by atoms with Gasteiger partial charge in [0, 0.05) is 28.8 Å². The van der Waals surface area contributed by atoms with Crippen LogP contribution in [0.15, 0.2) is 53.0 Å². The number of nitrogens with zero attached hydrogens (tertiary/aromatic N) is 1. The topological polar surface area (TPSA) is 75.7 Å². The van der Waals surface area contributed by atoms with Gasteiger partial charge in [0.2, 0.25) is 5.91 Å². The predicted octanol–water partition coefficient (Wildman–Crippen LogP) is 3.29. The molecule has 1 aliphatic heterocycles. The van der Waals surface area contributed by atoms with Crippen LogP contribution in [0.4, 0.5) is 11.4 Å². The Balaban J connectivity index is 1.51. The Morgan fingerprint density at radius 3 is 2.48 bits per heavy atom. The van der Waals surface area contributed by atoms with Crippen LogP contribution >= 0.6 is 15.9 Å². The van der Waals surface area contributed by atoms with E-state index in [4.69, 9.17) is 4.74 Å². The molecule has 1 N–H and O–H groups in total. The minimum atomic E-state index is -0.576. The first-order valence-electron chi connectivity index (χ1n) is 8.51. The molecule has 7 heteroatoms. The van der Waals surface area contributed by atoms with E-state index in [1.165, 1.54) is 0 Å². The third kappa shape index (κ3) is 4.95. The van der Waals surface area contributed by atoms with Gasteiger partial charge in [0.25, 0.3) is 5.91 Å². The molecular weight excluding hydrogens is 412 g/mol. The summed E-state index contributed by atoms with van der Waals surface area (Å²) in [5.41, 5.74) is 2.45. The number of anilines is 2. The molecular formula is C20H19BrN2O4. The molecule has 0 saturated carbocycles. The third-order valence-electron chi connectivity index (χ3n) is 4.28. The van der Waals surface area contributed by atoms with Crippen LogP contribution < -0.4 is 10.2 Å². The number of nitrogens with one attached hydrogen (secondary N) is 1. The summed E-state index contributed by atoms with van der Waals surface area (Å²) >= 11 is 3.35. The van der Waals surface area contributed by atoms with Gasteiger partial charge in [0.15, 0.2) is 6.61 Å². The van der Waals surface area contributed by atoms with Crippen molar-refractivity contribution in [1.82, 2.24) is 0 Å². The van der Waals surface area contributed by atoms with E-state index in [-0.39, 0.29) is 25.5 Å². The van der Waals surface area contributed by atoms with Crippen molar-refractivity contribution in [2.45, 2.75) is 13.3 Å². The van der Waals surface area contributed by atoms with Gasteiger partial charge in [-0.15, -0.1) is 0 Å². The normalized spacial score (nSPS) is 16.3. The predicted molar refractivity (Wildman–Crippen MR) is 105 cm³/mol. The number of esters is 1. The van der Waals surface area contributed by atoms with E-state index < -0.39 is 17.8 Å². The molecule has 2 aromatic carbocycles. The zero-order chi connectivity index (χ0) is 19.4. The fourth-order valence-electron chi connectivity index (χ4n) is 2.82. The highest BCUT2D eigenvalue weighted by atomic mass is 79.9. The van der Waals surface area contributed by atoms with E-state index in [9.17, 15) is 14.4 Å². The molecule has 0 bridgehead atoms. The van der Waals surface area contributed by atoms with Crippen molar-refractivity contribution >= 4 is 45.1 Å². The van der Waals surface area contributed by atoms with Crippen molar-refractivity contribution in [2.75, 3.05) is 23.4 Å². The van der Waals surface area contributed by atoms with E-state index in [0.29, 0.717) is 5.69 Å². The van der Waals surface area contributed by atoms with Crippen LogP contribution in [-0.2, 0) is 19.1 Å². The monoisotopic (exact) mass is 430 g/mol. The summed E-state index contributed by atoms with van der Waals surface area (Å²) in [5.74, 6) is -1.67. The number of hydrogen-bond donors (Lipinski definition) is 1. The summed E-state index contributed by atoms with van der Waals surface area (Å²) in [5, 5.41) is 2.67. The molecule has 3 rings (SSSR count). The number of halogens is 1. The number of carbonyl (C=O) groups is 3. The fourth-order valence-corrected chi connectivity index (χ4v) is 3.09. The summed E-state index contributed by atoms with van der Waals surface area (Å²) in [6.07, 6.45) is 0.0779. The lowest BCUT2D eigenvalue weighted by Gasteiger charge is -2.16. The number of benzene rings is 2. The molecule has 140 valence electrons. The first-order valence-corrected chi connectivity index (χ1v) is 9.31. The molecule has 1 aliphatic rings. The average Bonchev–Trinajstić information content (AvgIpc) is 3.04. The Bertz CT molecular complexity index is 849. The Morgan fingerprint density at radius 2 is 1.81 bits per heavy atom. The molecule has 0 aliphatic carbocycles. The molecule has 2 aromatic rings. The lowest BCUT2D eigenvalue weighted by atomic mass is 10.1. The van der Waals surface area contributed by atoms with Crippen molar-refractivity contribution < 1.29 is 19.1 Å². The van der Waals surface area contributed by atoms with Gasteiger partial charge in [-0.3, -0.25) is 14.4 Å². The molecule has 1 fully saturated rings. The molecule has 0 aromatic heterocycles. The number of hydrogen-bond acceptors (Lipinski definition) is 4. The highest BCUT2D eigenvalue weighted by molar-refractivity contribution is 9.10. The quantitative estimate of drug-likeness (QED) is 0.738. The van der Waals surface area contributed by atoms with Gasteiger partial charge in [-0.2, -0.15) is 0 Å². The summed E-state index contributed by atoms with van der Waals surface area (Å²) in [6, 6.07) is 14.6. The highest BCUT2D eigenvalue weighted by Gasteiger charge is 2.36. The zero-order valence-electron chi connectivity index (χ0n) is 14.8. The van der Waals surface area contributed by atoms with E-state index in [0.717, 1.165) is 15.7 Å². The third-order valence-corrected chi connectivity index (χ3v) is 4.81. The largest absolute Gasteiger partial charge is 0.455 e. The molecule has 1 saturated heterocycles. The van der Waals surface area contributed by atoms with Gasteiger partial charge in [-0.1, -0.05) is 33.6 Å². The van der Waals surface area contributed by atoms with Crippen LogP contribution in [0.1, 0.15) is 12.0 Å². The second kappa shape index (κ2) is 8.35. The minimum Gasteiger partial charge on any atom is -0.455 e. The van der Waals surface area contributed by atoms with Crippen molar-refractivity contribution in [3.8, 4) is 0 Å². The second-order valence-corrected chi connectivity index (χ2v) is 7.32. The lowest BCUT2D eigenvalue weighted by molar-refractivity contribution is -0.151. The number of amides is 2. The maximum Gasteiger partial charge on any atom is 0.311 e. The maximum absolute atomic E-state index is 12.2. The van der Waals surface area contributed by atoms with Gasteiger partial charge < -0.3 is 15.0 Å². The number of ether oxygens (including phenoxy) is 1. The van der Waals surface area contributed by atoms with Gasteiger partial charge in [0.05, 0.1) is 5.92 Å². The summed E-state index contributed by atoms with van der Waals surface area (Å²) < 4.78 is 6.01. The molecule has 0 radical (unpaired) electrons. The number of carbonyl (C=O) groups excluding carboxylic acids is 3. The van der Waals surface area contributed by atoms with E-state index in [1.807, 2.05) is 43.3 Å². The Morgan fingerprint density at radius 1 is 1.15 bits per heavy atom. The molecule has 1 heterocycles. The van der Waals surface area contributed by atoms with Crippen molar-refractivity contribution in [2.24, 2.45) is 5.92 Å². The standard InChI is InChI=1S/C20H19BrN2O4/c1-13-2-6-16(7-3-13)22-18(24)12-27-20(26)14-10-19(25)23(11-14)17-8-4-15(21)5-9-17/h2-9,14H,10-12H2,1H3,(H,22,24)/t14-/m0/s1.